The molecule has 1 aliphatic carbocycles. The van der Waals surface area contributed by atoms with Crippen molar-refractivity contribution in [3.05, 3.63) is 21.4 Å². The molecule has 0 unspecified atom stereocenters. The van der Waals surface area contributed by atoms with Crippen LogP contribution < -0.4 is 5.32 Å². The van der Waals surface area contributed by atoms with Crippen LogP contribution in [0, 0.1) is 0 Å². The summed E-state index contributed by atoms with van der Waals surface area (Å²) < 4.78 is 36.2. The number of hydrogen-bond acceptors (Lipinski definition) is 2. The second-order valence-corrected chi connectivity index (χ2v) is 5.91. The first-order chi connectivity index (χ1) is 8.96. The van der Waals surface area contributed by atoms with Crippen LogP contribution in [0.5, 0.6) is 0 Å². The first-order valence-corrected chi connectivity index (χ1v) is 7.24. The highest BCUT2D eigenvalue weighted by molar-refractivity contribution is 7.14. The Morgan fingerprint density at radius 1 is 1.21 bits per heavy atom. The fourth-order valence-electron chi connectivity index (χ4n) is 2.22. The molecule has 1 heterocycles. The Kier molecular flexibility index (Phi) is 4.50. The fraction of sp³-hybridized carbons (Fsp3) is 0.615. The predicted octanol–water partition coefficient (Wildman–Crippen LogP) is 3.70. The Morgan fingerprint density at radius 3 is 2.58 bits per heavy atom. The summed E-state index contributed by atoms with van der Waals surface area (Å²) in [6, 6.07) is 1.76. The van der Waals surface area contributed by atoms with Gasteiger partial charge in [-0.2, -0.15) is 13.2 Å². The van der Waals surface area contributed by atoms with Crippen LogP contribution >= 0.6 is 11.3 Å². The van der Waals surface area contributed by atoms with Crippen molar-refractivity contribution in [1.82, 2.24) is 5.32 Å². The quantitative estimate of drug-likeness (QED) is 0.884. The van der Waals surface area contributed by atoms with Crippen molar-refractivity contribution in [3.63, 3.8) is 0 Å². The molecule has 1 aromatic rings. The molecule has 1 N–H and O–H groups in total. The van der Waals surface area contributed by atoms with Crippen LogP contribution in [0.15, 0.2) is 6.07 Å². The van der Waals surface area contributed by atoms with E-state index < -0.39 is 18.6 Å². The van der Waals surface area contributed by atoms with Crippen LogP contribution in [-0.2, 0) is 12.8 Å². The van der Waals surface area contributed by atoms with Crippen molar-refractivity contribution in [1.29, 1.82) is 0 Å². The summed E-state index contributed by atoms with van der Waals surface area (Å²) in [5.74, 6) is -0.617. The summed E-state index contributed by atoms with van der Waals surface area (Å²) in [5.41, 5.74) is 1.14. The van der Waals surface area contributed by atoms with E-state index in [4.69, 9.17) is 0 Å². The van der Waals surface area contributed by atoms with E-state index in [2.05, 4.69) is 0 Å². The van der Waals surface area contributed by atoms with E-state index in [-0.39, 0.29) is 0 Å². The number of carbonyl (C=O) groups excluding carboxylic acids is 1. The van der Waals surface area contributed by atoms with Gasteiger partial charge in [0.15, 0.2) is 0 Å². The molecule has 2 nitrogen and oxygen atoms in total. The van der Waals surface area contributed by atoms with Crippen molar-refractivity contribution in [2.75, 3.05) is 6.54 Å². The zero-order valence-corrected chi connectivity index (χ0v) is 11.3. The Bertz CT molecular complexity index is 428. The maximum atomic E-state index is 12.1. The van der Waals surface area contributed by atoms with Crippen molar-refractivity contribution >= 4 is 17.2 Å². The minimum absolute atomic E-state index is 0.399. The van der Waals surface area contributed by atoms with Gasteiger partial charge in [0.1, 0.15) is 6.54 Å². The van der Waals surface area contributed by atoms with Gasteiger partial charge in [0.2, 0.25) is 0 Å². The Morgan fingerprint density at radius 2 is 1.89 bits per heavy atom. The molecule has 106 valence electrons. The second kappa shape index (κ2) is 5.94. The number of hydrogen-bond donors (Lipinski definition) is 1. The molecule has 0 atom stereocenters. The number of carbonyl (C=O) groups is 1. The molecule has 19 heavy (non-hydrogen) atoms. The summed E-state index contributed by atoms with van der Waals surface area (Å²) in [5, 5.41) is 1.93. The topological polar surface area (TPSA) is 29.1 Å². The summed E-state index contributed by atoms with van der Waals surface area (Å²) in [6.45, 7) is -1.27. The average molecular weight is 291 g/mol. The first kappa shape index (κ1) is 14.4. The largest absolute Gasteiger partial charge is 0.405 e. The van der Waals surface area contributed by atoms with E-state index in [1.807, 2.05) is 5.32 Å². The van der Waals surface area contributed by atoms with Crippen LogP contribution in [0.3, 0.4) is 0 Å². The van der Waals surface area contributed by atoms with Crippen LogP contribution in [0.2, 0.25) is 0 Å². The highest BCUT2D eigenvalue weighted by Crippen LogP contribution is 2.28. The molecular weight excluding hydrogens is 275 g/mol. The Labute approximate surface area is 114 Å². The van der Waals surface area contributed by atoms with Crippen molar-refractivity contribution in [2.45, 2.75) is 44.7 Å². The van der Waals surface area contributed by atoms with Gasteiger partial charge >= 0.3 is 6.18 Å². The number of halogens is 3. The van der Waals surface area contributed by atoms with Gasteiger partial charge in [-0.3, -0.25) is 4.79 Å². The van der Waals surface area contributed by atoms with Gasteiger partial charge in [-0.1, -0.05) is 12.8 Å². The lowest BCUT2D eigenvalue weighted by Crippen LogP contribution is -2.33. The smallest absolute Gasteiger partial charge is 0.342 e. The maximum absolute atomic E-state index is 12.1. The third-order valence-electron chi connectivity index (χ3n) is 3.17. The van der Waals surface area contributed by atoms with Crippen LogP contribution in [0.1, 0.15) is 45.8 Å². The first-order valence-electron chi connectivity index (χ1n) is 6.42. The lowest BCUT2D eigenvalue weighted by atomic mass is 10.00. The lowest BCUT2D eigenvalue weighted by Gasteiger charge is -2.07. The number of aryl methyl sites for hydroxylation is 2. The van der Waals surface area contributed by atoms with Crippen LogP contribution in [-0.4, -0.2) is 18.6 Å². The maximum Gasteiger partial charge on any atom is 0.405 e. The zero-order chi connectivity index (χ0) is 13.9. The summed E-state index contributed by atoms with van der Waals surface area (Å²) in [7, 11) is 0. The third kappa shape index (κ3) is 4.23. The highest BCUT2D eigenvalue weighted by atomic mass is 32.1. The minimum atomic E-state index is -4.36. The van der Waals surface area contributed by atoms with Crippen molar-refractivity contribution < 1.29 is 18.0 Å². The van der Waals surface area contributed by atoms with E-state index >= 15 is 0 Å². The van der Waals surface area contributed by atoms with E-state index in [0.717, 1.165) is 36.1 Å². The number of rotatable bonds is 2. The van der Waals surface area contributed by atoms with Gasteiger partial charge in [0.05, 0.1) is 4.88 Å². The van der Waals surface area contributed by atoms with Crippen LogP contribution in [0.25, 0.3) is 0 Å². The predicted molar refractivity (Wildman–Crippen MR) is 68.6 cm³/mol. The van der Waals surface area contributed by atoms with Crippen molar-refractivity contribution in [3.8, 4) is 0 Å². The molecule has 1 amide bonds. The average Bonchev–Trinajstić information content (AvgIpc) is 2.68. The Hall–Kier alpha value is -1.04. The third-order valence-corrected chi connectivity index (χ3v) is 4.41. The van der Waals surface area contributed by atoms with E-state index in [0.29, 0.717) is 4.88 Å². The molecule has 0 radical (unpaired) electrons. The SMILES string of the molecule is O=C(NCC(F)(F)F)c1cc2c(s1)CCCCCC2. The van der Waals surface area contributed by atoms with Gasteiger partial charge in [0.25, 0.3) is 5.91 Å². The molecule has 0 saturated carbocycles. The minimum Gasteiger partial charge on any atom is -0.342 e. The lowest BCUT2D eigenvalue weighted by molar-refractivity contribution is -0.123. The number of nitrogens with one attached hydrogen (secondary N) is 1. The second-order valence-electron chi connectivity index (χ2n) is 4.77. The summed E-state index contributed by atoms with van der Waals surface area (Å²) in [4.78, 5) is 13.2. The number of fused-ring (bicyclic) bond motifs is 1. The van der Waals surface area contributed by atoms with Crippen LogP contribution in [0.4, 0.5) is 13.2 Å². The molecule has 1 aliphatic rings. The molecule has 1 aromatic heterocycles. The molecule has 6 heteroatoms. The van der Waals surface area contributed by atoms with Gasteiger partial charge < -0.3 is 5.32 Å². The number of amides is 1. The highest BCUT2D eigenvalue weighted by Gasteiger charge is 2.28. The number of thiophene rings is 1. The molecule has 0 aromatic carbocycles. The molecular formula is C13H16F3NOS. The summed E-state index contributed by atoms with van der Waals surface area (Å²) in [6.07, 6.45) is 2.06. The molecule has 0 aliphatic heterocycles. The monoisotopic (exact) mass is 291 g/mol. The van der Waals surface area contributed by atoms with E-state index in [9.17, 15) is 18.0 Å². The number of alkyl halides is 3. The molecule has 2 rings (SSSR count). The van der Waals surface area contributed by atoms with Gasteiger partial charge in [-0.05, 0) is 37.3 Å². The normalized spacial score (nSPS) is 16.4. The summed E-state index contributed by atoms with van der Waals surface area (Å²) >= 11 is 1.34. The molecule has 0 saturated heterocycles. The fourth-order valence-corrected chi connectivity index (χ4v) is 3.39. The molecule has 0 spiro atoms. The van der Waals surface area contributed by atoms with Gasteiger partial charge in [-0.15, -0.1) is 11.3 Å². The van der Waals surface area contributed by atoms with Gasteiger partial charge in [0, 0.05) is 4.88 Å². The van der Waals surface area contributed by atoms with E-state index in [1.54, 1.807) is 6.07 Å². The molecule has 0 fully saturated rings. The van der Waals surface area contributed by atoms with Gasteiger partial charge in [-0.25, -0.2) is 0 Å². The van der Waals surface area contributed by atoms with E-state index in [1.165, 1.54) is 24.2 Å². The van der Waals surface area contributed by atoms with Crippen molar-refractivity contribution in [2.24, 2.45) is 0 Å². The molecule has 0 bridgehead atoms. The Balaban J connectivity index is 2.04. The zero-order valence-electron chi connectivity index (χ0n) is 10.5. The standard InChI is InChI=1S/C13H16F3NOS/c14-13(15,16)8-17-12(18)11-7-9-5-3-1-2-4-6-10(9)19-11/h7H,1-6,8H2,(H,17,18).